The number of hydrogen-bond acceptors (Lipinski definition) is 7. The number of hydrogen-bond donors (Lipinski definition) is 2. The predicted octanol–water partition coefficient (Wildman–Crippen LogP) is 5.39. The van der Waals surface area contributed by atoms with Gasteiger partial charge in [0.2, 0.25) is 5.88 Å². The Labute approximate surface area is 229 Å². The van der Waals surface area contributed by atoms with Crippen molar-refractivity contribution >= 4 is 32.4 Å². The second-order valence-corrected chi connectivity index (χ2v) is 10.5. The zero-order valence-electron chi connectivity index (χ0n) is 21.2. The number of aryl methyl sites for hydroxylation is 1. The molecule has 9 nitrogen and oxygen atoms in total. The first-order chi connectivity index (χ1) is 19.3. The van der Waals surface area contributed by atoms with Gasteiger partial charge in [-0.25, -0.2) is 27.2 Å². The van der Waals surface area contributed by atoms with Crippen LogP contribution < -0.4 is 15.2 Å². The number of nitrogen functional groups attached to an aromatic ring is 1. The number of sulfonamides is 1. The van der Waals surface area contributed by atoms with Crippen LogP contribution in [0.25, 0.3) is 33.3 Å². The molecule has 5 rings (SSSR count). The molecule has 0 amide bonds. The molecule has 0 saturated carbocycles. The van der Waals surface area contributed by atoms with Gasteiger partial charge >= 0.3 is 6.18 Å². The van der Waals surface area contributed by atoms with E-state index in [-0.39, 0.29) is 17.1 Å². The van der Waals surface area contributed by atoms with E-state index in [0.29, 0.717) is 33.8 Å². The molecule has 15 heteroatoms. The van der Waals surface area contributed by atoms with Gasteiger partial charge < -0.3 is 10.5 Å². The zero-order chi connectivity index (χ0) is 29.7. The maximum Gasteiger partial charge on any atom is 0.419 e. The number of rotatable bonds is 6. The second kappa shape index (κ2) is 9.99. The Hall–Kier alpha value is -4.79. The van der Waals surface area contributed by atoms with Gasteiger partial charge in [0.15, 0.2) is 0 Å². The number of halogens is 5. The van der Waals surface area contributed by atoms with E-state index in [1.807, 2.05) is 0 Å². The van der Waals surface area contributed by atoms with Crippen molar-refractivity contribution in [1.29, 1.82) is 0 Å². The number of nitrogens with zero attached hydrogens (tertiary/aromatic N) is 4. The van der Waals surface area contributed by atoms with Crippen LogP contribution >= 0.6 is 0 Å². The molecule has 0 saturated heterocycles. The van der Waals surface area contributed by atoms with Gasteiger partial charge in [-0.05, 0) is 42.0 Å². The molecule has 0 bridgehead atoms. The van der Waals surface area contributed by atoms with Crippen molar-refractivity contribution < 1.29 is 35.1 Å². The third-order valence-electron chi connectivity index (χ3n) is 6.14. The summed E-state index contributed by atoms with van der Waals surface area (Å²) in [7, 11) is -1.70. The molecule has 0 unspecified atom stereocenters. The summed E-state index contributed by atoms with van der Waals surface area (Å²) < 4.78 is 103. The van der Waals surface area contributed by atoms with E-state index in [2.05, 4.69) is 19.8 Å². The van der Waals surface area contributed by atoms with Gasteiger partial charge in [-0.2, -0.15) is 18.3 Å². The molecule has 0 radical (unpaired) electrons. The van der Waals surface area contributed by atoms with Crippen molar-refractivity contribution in [3.63, 3.8) is 0 Å². The lowest BCUT2D eigenvalue weighted by molar-refractivity contribution is -0.137. The number of benzene rings is 2. The van der Waals surface area contributed by atoms with Crippen LogP contribution in [0.1, 0.15) is 5.56 Å². The Morgan fingerprint density at radius 1 is 0.951 bits per heavy atom. The van der Waals surface area contributed by atoms with E-state index >= 15 is 0 Å². The molecule has 0 aliphatic rings. The molecule has 212 valence electrons. The Balaban J connectivity index is 1.59. The van der Waals surface area contributed by atoms with E-state index in [4.69, 9.17) is 10.5 Å². The minimum Gasteiger partial charge on any atom is -0.480 e. The number of ether oxygens (including phenoxy) is 1. The van der Waals surface area contributed by atoms with Crippen molar-refractivity contribution in [1.82, 2.24) is 19.7 Å². The molecule has 41 heavy (non-hydrogen) atoms. The highest BCUT2D eigenvalue weighted by atomic mass is 32.2. The maximum atomic E-state index is 14.2. The topological polar surface area (TPSA) is 125 Å². The normalized spacial score (nSPS) is 12.1. The quantitative estimate of drug-likeness (QED) is 0.254. The Kier molecular flexibility index (Phi) is 6.77. The third kappa shape index (κ3) is 5.23. The number of alkyl halides is 3. The SMILES string of the molecule is COc1ncc(-c2ccc3nn(C)c(-c4cnc(N)c(C(F)(F)F)c4)c3c2)cc1NS(=O)(=O)c1ccc(F)cc1F. The molecule has 0 spiro atoms. The van der Waals surface area contributed by atoms with Crippen molar-refractivity contribution in [3.8, 4) is 28.3 Å². The maximum absolute atomic E-state index is 14.2. The predicted molar refractivity (Wildman–Crippen MR) is 140 cm³/mol. The lowest BCUT2D eigenvalue weighted by Gasteiger charge is -2.13. The molecular formula is C26H19F5N6O3S. The number of nitrogens with two attached hydrogens (primary N) is 1. The van der Waals surface area contributed by atoms with Gasteiger partial charge in [0, 0.05) is 42.0 Å². The van der Waals surface area contributed by atoms with E-state index in [0.717, 1.165) is 18.2 Å². The summed E-state index contributed by atoms with van der Waals surface area (Å²) in [5.74, 6) is -3.03. The lowest BCUT2D eigenvalue weighted by atomic mass is 10.0. The standard InChI is InChI=1S/C26H19F5N6O3S/c1-37-23(15-8-18(26(29,30)31)24(32)33-12-15)17-7-13(3-5-20(17)35-37)14-9-21(25(40-2)34-11-14)36-41(38,39)22-6-4-16(27)10-19(22)28/h3-12,36H,1-2H3,(H2,32,33). The van der Waals surface area contributed by atoms with Gasteiger partial charge in [0.25, 0.3) is 10.0 Å². The Morgan fingerprint density at radius 3 is 2.37 bits per heavy atom. The summed E-state index contributed by atoms with van der Waals surface area (Å²) in [6.45, 7) is 0. The molecule has 2 aromatic carbocycles. The van der Waals surface area contributed by atoms with Crippen LogP contribution in [0.15, 0.2) is 65.8 Å². The van der Waals surface area contributed by atoms with E-state index in [1.165, 1.54) is 30.3 Å². The second-order valence-electron chi connectivity index (χ2n) is 8.82. The van der Waals surface area contributed by atoms with E-state index in [1.54, 1.807) is 25.2 Å². The van der Waals surface area contributed by atoms with E-state index < -0.39 is 44.1 Å². The first-order valence-electron chi connectivity index (χ1n) is 11.6. The molecule has 0 aliphatic heterocycles. The Morgan fingerprint density at radius 2 is 1.68 bits per heavy atom. The largest absolute Gasteiger partial charge is 0.480 e. The number of aromatic nitrogens is 4. The number of methoxy groups -OCH3 is 1. The van der Waals surface area contributed by atoms with Gasteiger partial charge in [-0.3, -0.25) is 9.40 Å². The minimum absolute atomic E-state index is 0.122. The summed E-state index contributed by atoms with van der Waals surface area (Å²) in [4.78, 5) is 7.05. The fraction of sp³-hybridized carbons (Fsp3) is 0.115. The molecule has 3 heterocycles. The van der Waals surface area contributed by atoms with Crippen LogP contribution in [-0.4, -0.2) is 35.3 Å². The Bertz CT molecular complexity index is 1930. The van der Waals surface area contributed by atoms with Gasteiger partial charge in [-0.1, -0.05) is 6.07 Å². The molecule has 0 fully saturated rings. The highest BCUT2D eigenvalue weighted by Gasteiger charge is 2.34. The van der Waals surface area contributed by atoms with Crippen molar-refractivity contribution in [2.24, 2.45) is 7.05 Å². The molecule has 3 N–H and O–H groups in total. The minimum atomic E-state index is -4.72. The summed E-state index contributed by atoms with van der Waals surface area (Å²) in [5, 5.41) is 4.84. The molecule has 3 aromatic heterocycles. The molecule has 5 aromatic rings. The van der Waals surface area contributed by atoms with Crippen LogP contribution in [0.2, 0.25) is 0 Å². The molecule has 0 aliphatic carbocycles. The smallest absolute Gasteiger partial charge is 0.419 e. The highest BCUT2D eigenvalue weighted by molar-refractivity contribution is 7.92. The summed E-state index contributed by atoms with van der Waals surface area (Å²) in [5.41, 5.74) is 6.02. The van der Waals surface area contributed by atoms with Crippen LogP contribution in [0, 0.1) is 11.6 Å². The number of nitrogens with one attached hydrogen (secondary N) is 1. The van der Waals surface area contributed by atoms with Crippen LogP contribution in [0.4, 0.5) is 33.5 Å². The first-order valence-corrected chi connectivity index (χ1v) is 13.1. The number of anilines is 2. The van der Waals surface area contributed by atoms with Crippen LogP contribution in [0.3, 0.4) is 0 Å². The first kappa shape index (κ1) is 27.8. The number of fused-ring (bicyclic) bond motifs is 1. The van der Waals surface area contributed by atoms with Crippen LogP contribution in [-0.2, 0) is 23.2 Å². The van der Waals surface area contributed by atoms with Gasteiger partial charge in [0.05, 0.1) is 23.9 Å². The van der Waals surface area contributed by atoms with Gasteiger partial charge in [0.1, 0.15) is 28.0 Å². The van der Waals surface area contributed by atoms with E-state index in [9.17, 15) is 30.4 Å². The summed E-state index contributed by atoms with van der Waals surface area (Å²) in [6.07, 6.45) is -2.12. The zero-order valence-corrected chi connectivity index (χ0v) is 22.0. The lowest BCUT2D eigenvalue weighted by Crippen LogP contribution is -2.15. The van der Waals surface area contributed by atoms with Crippen molar-refractivity contribution in [2.75, 3.05) is 17.6 Å². The fourth-order valence-electron chi connectivity index (χ4n) is 4.29. The summed E-state index contributed by atoms with van der Waals surface area (Å²) in [6, 6.07) is 9.23. The highest BCUT2D eigenvalue weighted by Crippen LogP contribution is 2.38. The van der Waals surface area contributed by atoms with Crippen molar-refractivity contribution in [2.45, 2.75) is 11.1 Å². The van der Waals surface area contributed by atoms with Crippen molar-refractivity contribution in [3.05, 3.63) is 78.1 Å². The summed E-state index contributed by atoms with van der Waals surface area (Å²) >= 11 is 0. The van der Waals surface area contributed by atoms with Gasteiger partial charge in [-0.15, -0.1) is 0 Å². The average molecular weight is 591 g/mol. The van der Waals surface area contributed by atoms with Crippen LogP contribution in [0.5, 0.6) is 5.88 Å². The molecular weight excluding hydrogens is 571 g/mol. The third-order valence-corrected chi connectivity index (χ3v) is 7.53. The molecule has 0 atom stereocenters. The average Bonchev–Trinajstić information content (AvgIpc) is 3.22. The number of pyridine rings is 2. The monoisotopic (exact) mass is 590 g/mol. The fourth-order valence-corrected chi connectivity index (χ4v) is 5.40.